The summed E-state index contributed by atoms with van der Waals surface area (Å²) in [5.41, 5.74) is -0.0794. The quantitative estimate of drug-likeness (QED) is 0.845. The van der Waals surface area contributed by atoms with Crippen molar-refractivity contribution >= 4 is 33.4 Å². The van der Waals surface area contributed by atoms with Crippen molar-refractivity contribution in [1.29, 1.82) is 0 Å². The van der Waals surface area contributed by atoms with Crippen LogP contribution in [-0.2, 0) is 0 Å². The number of aromatic nitrogens is 1. The highest BCUT2D eigenvalue weighted by Gasteiger charge is 2.09. The van der Waals surface area contributed by atoms with Gasteiger partial charge in [-0.3, -0.25) is 0 Å². The van der Waals surface area contributed by atoms with Gasteiger partial charge in [-0.25, -0.2) is 18.6 Å². The van der Waals surface area contributed by atoms with Gasteiger partial charge >= 0.3 is 5.97 Å². The van der Waals surface area contributed by atoms with E-state index in [-0.39, 0.29) is 21.5 Å². The molecule has 0 unspecified atom stereocenters. The smallest absolute Gasteiger partial charge is 0.337 e. The van der Waals surface area contributed by atoms with Crippen molar-refractivity contribution in [2.75, 3.05) is 5.32 Å². The molecule has 0 radical (unpaired) electrons. The number of nitrogens with one attached hydrogen (secondary N) is 1. The second-order valence-corrected chi connectivity index (χ2v) is 4.46. The topological polar surface area (TPSA) is 62.2 Å². The van der Waals surface area contributed by atoms with Crippen molar-refractivity contribution in [1.82, 2.24) is 4.98 Å². The molecule has 98 valence electrons. The van der Waals surface area contributed by atoms with Crippen molar-refractivity contribution in [3.05, 3.63) is 52.1 Å². The first-order valence-electron chi connectivity index (χ1n) is 5.08. The van der Waals surface area contributed by atoms with Crippen LogP contribution in [0.5, 0.6) is 0 Å². The molecular formula is C12H7BrF2N2O2. The van der Waals surface area contributed by atoms with Crippen LogP contribution in [0, 0.1) is 11.6 Å². The maximum absolute atomic E-state index is 13.5. The van der Waals surface area contributed by atoms with E-state index in [0.717, 1.165) is 18.3 Å². The molecule has 4 nitrogen and oxygen atoms in total. The van der Waals surface area contributed by atoms with Crippen LogP contribution in [0.3, 0.4) is 0 Å². The Bertz CT molecular complexity index is 632. The van der Waals surface area contributed by atoms with Gasteiger partial charge < -0.3 is 10.4 Å². The van der Waals surface area contributed by atoms with Crippen LogP contribution in [0.25, 0.3) is 0 Å². The number of nitrogens with zero attached hydrogens (tertiary/aromatic N) is 1. The SMILES string of the molecule is O=C(O)c1ccc(Nc2cc(F)c(Br)cc2F)nc1. The summed E-state index contributed by atoms with van der Waals surface area (Å²) >= 11 is 2.87. The van der Waals surface area contributed by atoms with Crippen molar-refractivity contribution in [3.63, 3.8) is 0 Å². The van der Waals surface area contributed by atoms with Crippen molar-refractivity contribution in [2.45, 2.75) is 0 Å². The van der Waals surface area contributed by atoms with Crippen LogP contribution in [-0.4, -0.2) is 16.1 Å². The first kappa shape index (κ1) is 13.4. The van der Waals surface area contributed by atoms with Crippen LogP contribution in [0.15, 0.2) is 34.9 Å². The number of anilines is 2. The number of halogens is 3. The first-order valence-corrected chi connectivity index (χ1v) is 5.87. The number of carboxylic acid groups (broad SMARTS) is 1. The van der Waals surface area contributed by atoms with E-state index in [0.29, 0.717) is 0 Å². The van der Waals surface area contributed by atoms with E-state index in [9.17, 15) is 13.6 Å². The molecule has 7 heteroatoms. The Labute approximate surface area is 115 Å². The van der Waals surface area contributed by atoms with E-state index in [1.54, 1.807) is 0 Å². The lowest BCUT2D eigenvalue weighted by Crippen LogP contribution is -2.00. The minimum absolute atomic E-state index is 0.00742. The molecule has 2 aromatic rings. The van der Waals surface area contributed by atoms with Crippen LogP contribution >= 0.6 is 15.9 Å². The molecular weight excluding hydrogens is 322 g/mol. The van der Waals surface area contributed by atoms with Gasteiger partial charge in [-0.15, -0.1) is 0 Å². The third-order valence-electron chi connectivity index (χ3n) is 2.28. The third kappa shape index (κ3) is 3.05. The monoisotopic (exact) mass is 328 g/mol. The molecule has 0 aliphatic rings. The molecule has 2 N–H and O–H groups in total. The molecule has 0 aliphatic heterocycles. The Morgan fingerprint density at radius 1 is 1.26 bits per heavy atom. The number of benzene rings is 1. The average molecular weight is 329 g/mol. The largest absolute Gasteiger partial charge is 0.478 e. The highest BCUT2D eigenvalue weighted by atomic mass is 79.9. The fourth-order valence-corrected chi connectivity index (χ4v) is 1.67. The van der Waals surface area contributed by atoms with Crippen molar-refractivity contribution < 1.29 is 18.7 Å². The van der Waals surface area contributed by atoms with Gasteiger partial charge in [0.15, 0.2) is 0 Å². The minimum atomic E-state index is -1.11. The summed E-state index contributed by atoms with van der Waals surface area (Å²) < 4.78 is 26.8. The summed E-state index contributed by atoms with van der Waals surface area (Å²) in [4.78, 5) is 14.4. The lowest BCUT2D eigenvalue weighted by atomic mass is 10.2. The van der Waals surface area contributed by atoms with Crippen molar-refractivity contribution in [2.24, 2.45) is 0 Å². The molecule has 1 heterocycles. The summed E-state index contributed by atoms with van der Waals surface area (Å²) in [5, 5.41) is 11.3. The third-order valence-corrected chi connectivity index (χ3v) is 2.89. The molecule has 1 aromatic carbocycles. The Balaban J connectivity index is 2.26. The summed E-state index contributed by atoms with van der Waals surface area (Å²) in [6.07, 6.45) is 1.12. The van der Waals surface area contributed by atoms with Gasteiger partial charge in [0.2, 0.25) is 0 Å². The van der Waals surface area contributed by atoms with Crippen LogP contribution in [0.1, 0.15) is 10.4 Å². The zero-order chi connectivity index (χ0) is 14.0. The summed E-state index contributed by atoms with van der Waals surface area (Å²) in [5.74, 6) is -2.17. The molecule has 0 bridgehead atoms. The van der Waals surface area contributed by atoms with Gasteiger partial charge in [-0.2, -0.15) is 0 Å². The predicted octanol–water partition coefficient (Wildman–Crippen LogP) is 3.56. The van der Waals surface area contributed by atoms with Gasteiger partial charge in [0.1, 0.15) is 17.5 Å². The van der Waals surface area contributed by atoms with E-state index in [1.165, 1.54) is 12.1 Å². The second-order valence-electron chi connectivity index (χ2n) is 3.61. The van der Waals surface area contributed by atoms with E-state index in [1.807, 2.05) is 0 Å². The Kier molecular flexibility index (Phi) is 3.75. The Morgan fingerprint density at radius 2 is 2.00 bits per heavy atom. The molecule has 0 aliphatic carbocycles. The molecule has 0 atom stereocenters. The van der Waals surface area contributed by atoms with E-state index in [2.05, 4.69) is 26.2 Å². The molecule has 0 amide bonds. The van der Waals surface area contributed by atoms with Crippen LogP contribution < -0.4 is 5.32 Å². The van der Waals surface area contributed by atoms with Crippen molar-refractivity contribution in [3.8, 4) is 0 Å². The van der Waals surface area contributed by atoms with Crippen LogP contribution in [0.2, 0.25) is 0 Å². The highest BCUT2D eigenvalue weighted by molar-refractivity contribution is 9.10. The average Bonchev–Trinajstić information content (AvgIpc) is 2.36. The van der Waals surface area contributed by atoms with Gasteiger partial charge in [-0.1, -0.05) is 0 Å². The number of carboxylic acids is 1. The summed E-state index contributed by atoms with van der Waals surface area (Å²) in [7, 11) is 0. The number of hydrogen-bond acceptors (Lipinski definition) is 3. The van der Waals surface area contributed by atoms with Gasteiger partial charge in [0, 0.05) is 12.3 Å². The van der Waals surface area contributed by atoms with Gasteiger partial charge in [-0.05, 0) is 34.1 Å². The van der Waals surface area contributed by atoms with E-state index in [4.69, 9.17) is 5.11 Å². The Morgan fingerprint density at radius 3 is 2.58 bits per heavy atom. The highest BCUT2D eigenvalue weighted by Crippen LogP contribution is 2.25. The fraction of sp³-hybridized carbons (Fsp3) is 0. The number of hydrogen-bond donors (Lipinski definition) is 2. The zero-order valence-electron chi connectivity index (χ0n) is 9.32. The Hall–Kier alpha value is -2.02. The van der Waals surface area contributed by atoms with Gasteiger partial charge in [0.05, 0.1) is 15.7 Å². The lowest BCUT2D eigenvalue weighted by Gasteiger charge is -2.07. The maximum Gasteiger partial charge on any atom is 0.337 e. The maximum atomic E-state index is 13.5. The molecule has 1 aromatic heterocycles. The number of aromatic carboxylic acids is 1. The van der Waals surface area contributed by atoms with E-state index < -0.39 is 17.6 Å². The molecule has 0 fully saturated rings. The molecule has 0 saturated carbocycles. The van der Waals surface area contributed by atoms with E-state index >= 15 is 0 Å². The number of carbonyl (C=O) groups is 1. The first-order chi connectivity index (χ1) is 8.97. The predicted molar refractivity (Wildman–Crippen MR) is 68.5 cm³/mol. The fourth-order valence-electron chi connectivity index (χ4n) is 1.35. The normalized spacial score (nSPS) is 10.3. The number of pyridine rings is 1. The lowest BCUT2D eigenvalue weighted by molar-refractivity contribution is 0.0696. The minimum Gasteiger partial charge on any atom is -0.478 e. The molecule has 2 rings (SSSR count). The summed E-state index contributed by atoms with van der Waals surface area (Å²) in [6.45, 7) is 0. The molecule has 19 heavy (non-hydrogen) atoms. The molecule has 0 spiro atoms. The number of rotatable bonds is 3. The standard InChI is InChI=1S/C12H7BrF2N2O2/c13-7-3-9(15)10(4-8(7)14)17-11-2-1-6(5-16-11)12(18)19/h1-5H,(H,16,17)(H,18,19). The van der Waals surface area contributed by atoms with Gasteiger partial charge in [0.25, 0.3) is 0 Å². The zero-order valence-corrected chi connectivity index (χ0v) is 10.9. The van der Waals surface area contributed by atoms with Crippen LogP contribution in [0.4, 0.5) is 20.3 Å². The summed E-state index contributed by atoms with van der Waals surface area (Å²) in [6, 6.07) is 4.64. The second kappa shape index (κ2) is 5.31. The molecule has 0 saturated heterocycles.